The number of piperazine rings is 1. The molecule has 0 atom stereocenters. The highest BCUT2D eigenvalue weighted by Gasteiger charge is 2.28. The zero-order chi connectivity index (χ0) is 18.6. The predicted octanol–water partition coefficient (Wildman–Crippen LogP) is 1.94. The maximum absolute atomic E-state index is 12.8. The maximum Gasteiger partial charge on any atom is 0.243 e. The summed E-state index contributed by atoms with van der Waals surface area (Å²) in [4.78, 5) is 2.36. The summed E-state index contributed by atoms with van der Waals surface area (Å²) in [5.41, 5.74) is 2.07. The van der Waals surface area contributed by atoms with Gasteiger partial charge in [0.05, 0.1) is 28.2 Å². The topological polar surface area (TPSA) is 88.2 Å². The Bertz CT molecular complexity index is 964. The summed E-state index contributed by atoms with van der Waals surface area (Å²) in [5.74, 6) is 0. The van der Waals surface area contributed by atoms with Gasteiger partial charge in [0.2, 0.25) is 10.0 Å². The van der Waals surface area contributed by atoms with Gasteiger partial charge in [0.1, 0.15) is 0 Å². The van der Waals surface area contributed by atoms with Gasteiger partial charge in [-0.15, -0.1) is 0 Å². The normalized spacial score (nSPS) is 15.9. The fourth-order valence-electron chi connectivity index (χ4n) is 2.95. The minimum atomic E-state index is -3.58. The number of sulfonamides is 1. The summed E-state index contributed by atoms with van der Waals surface area (Å²) in [6.07, 6.45) is 0. The Kier molecular flexibility index (Phi) is 5.34. The van der Waals surface area contributed by atoms with Crippen molar-refractivity contribution in [3.63, 3.8) is 0 Å². The third-order valence-corrected chi connectivity index (χ3v) is 6.32. The minimum Gasteiger partial charge on any atom is -0.296 e. The average molecular weight is 366 g/mol. The lowest BCUT2D eigenvalue weighted by molar-refractivity contribution is 0.181. The van der Waals surface area contributed by atoms with E-state index in [4.69, 9.17) is 10.5 Å². The van der Waals surface area contributed by atoms with Crippen molar-refractivity contribution in [2.24, 2.45) is 0 Å². The first-order valence-corrected chi connectivity index (χ1v) is 9.68. The number of rotatable bonds is 4. The van der Waals surface area contributed by atoms with Gasteiger partial charge >= 0.3 is 0 Å². The van der Waals surface area contributed by atoms with Crippen LogP contribution in [-0.4, -0.2) is 43.8 Å². The molecule has 1 aliphatic heterocycles. The number of benzene rings is 2. The van der Waals surface area contributed by atoms with Crippen LogP contribution in [0.3, 0.4) is 0 Å². The highest BCUT2D eigenvalue weighted by atomic mass is 32.2. The van der Waals surface area contributed by atoms with Crippen LogP contribution in [0.2, 0.25) is 0 Å². The van der Waals surface area contributed by atoms with Crippen molar-refractivity contribution < 1.29 is 8.42 Å². The number of nitrogens with zero attached hydrogens (tertiary/aromatic N) is 4. The van der Waals surface area contributed by atoms with Gasteiger partial charge in [0, 0.05) is 32.7 Å². The van der Waals surface area contributed by atoms with Gasteiger partial charge < -0.3 is 0 Å². The molecule has 0 aromatic heterocycles. The Morgan fingerprint density at radius 2 is 1.54 bits per heavy atom. The van der Waals surface area contributed by atoms with Crippen LogP contribution in [0, 0.1) is 22.7 Å². The van der Waals surface area contributed by atoms with Crippen LogP contribution in [0.4, 0.5) is 0 Å². The van der Waals surface area contributed by atoms with E-state index in [1.54, 1.807) is 24.3 Å². The summed E-state index contributed by atoms with van der Waals surface area (Å²) in [7, 11) is -3.58. The standard InChI is InChI=1S/C19H18N4O2S/c20-13-16-4-6-17(7-5-16)15-22-8-10-23(11-9-22)26(24,25)19-3-1-2-18(12-19)14-21/h1-7,12H,8-11,15H2. The third kappa shape index (κ3) is 3.92. The van der Waals surface area contributed by atoms with Crippen LogP contribution in [0.5, 0.6) is 0 Å². The van der Waals surface area contributed by atoms with Gasteiger partial charge in [-0.05, 0) is 35.9 Å². The fourth-order valence-corrected chi connectivity index (χ4v) is 4.41. The lowest BCUT2D eigenvalue weighted by Gasteiger charge is -2.34. The lowest BCUT2D eigenvalue weighted by atomic mass is 10.1. The quantitative estimate of drug-likeness (QED) is 0.825. The summed E-state index contributed by atoms with van der Waals surface area (Å²) in [6.45, 7) is 2.82. The molecule has 1 fully saturated rings. The van der Waals surface area contributed by atoms with Crippen molar-refractivity contribution in [2.45, 2.75) is 11.4 Å². The smallest absolute Gasteiger partial charge is 0.243 e. The number of hydrogen-bond donors (Lipinski definition) is 0. The van der Waals surface area contributed by atoms with Gasteiger partial charge in [-0.2, -0.15) is 14.8 Å². The van der Waals surface area contributed by atoms with Gasteiger partial charge in [0.15, 0.2) is 0 Å². The van der Waals surface area contributed by atoms with Gasteiger partial charge in [-0.25, -0.2) is 8.42 Å². The molecule has 0 saturated carbocycles. The van der Waals surface area contributed by atoms with Crippen molar-refractivity contribution in [3.8, 4) is 12.1 Å². The van der Waals surface area contributed by atoms with E-state index in [1.807, 2.05) is 18.2 Å². The summed E-state index contributed by atoms with van der Waals surface area (Å²) < 4.78 is 27.0. The molecule has 0 radical (unpaired) electrons. The molecule has 0 N–H and O–H groups in total. The van der Waals surface area contributed by atoms with Crippen molar-refractivity contribution in [1.29, 1.82) is 10.5 Å². The third-order valence-electron chi connectivity index (χ3n) is 4.42. The largest absolute Gasteiger partial charge is 0.296 e. The maximum atomic E-state index is 12.8. The first-order chi connectivity index (χ1) is 12.5. The molecule has 2 aromatic rings. The monoisotopic (exact) mass is 366 g/mol. The molecule has 0 aliphatic carbocycles. The highest BCUT2D eigenvalue weighted by molar-refractivity contribution is 7.89. The summed E-state index contributed by atoms with van der Waals surface area (Å²) in [5, 5.41) is 17.8. The molecule has 1 saturated heterocycles. The zero-order valence-electron chi connectivity index (χ0n) is 14.2. The van der Waals surface area contributed by atoms with E-state index in [1.165, 1.54) is 16.4 Å². The predicted molar refractivity (Wildman–Crippen MR) is 96.3 cm³/mol. The molecule has 1 aliphatic rings. The molecular weight excluding hydrogens is 348 g/mol. The van der Waals surface area contributed by atoms with E-state index in [-0.39, 0.29) is 4.90 Å². The molecule has 2 aromatic carbocycles. The fraction of sp³-hybridized carbons (Fsp3) is 0.263. The van der Waals surface area contributed by atoms with Crippen LogP contribution >= 0.6 is 0 Å². The van der Waals surface area contributed by atoms with Crippen LogP contribution in [0.15, 0.2) is 53.4 Å². The Balaban J connectivity index is 1.64. The molecule has 0 amide bonds. The second kappa shape index (κ2) is 7.67. The van der Waals surface area contributed by atoms with Crippen molar-refractivity contribution in [3.05, 3.63) is 65.2 Å². The second-order valence-corrected chi connectivity index (χ2v) is 8.07. The molecule has 6 nitrogen and oxygen atoms in total. The van der Waals surface area contributed by atoms with Gasteiger partial charge in [0.25, 0.3) is 0 Å². The highest BCUT2D eigenvalue weighted by Crippen LogP contribution is 2.19. The molecular formula is C19H18N4O2S. The van der Waals surface area contributed by atoms with Gasteiger partial charge in [-0.1, -0.05) is 18.2 Å². The van der Waals surface area contributed by atoms with Crippen molar-refractivity contribution in [1.82, 2.24) is 9.21 Å². The Morgan fingerprint density at radius 1 is 0.885 bits per heavy atom. The molecule has 3 rings (SSSR count). The molecule has 0 unspecified atom stereocenters. The Hall–Kier alpha value is -2.71. The van der Waals surface area contributed by atoms with E-state index >= 15 is 0 Å². The lowest BCUT2D eigenvalue weighted by Crippen LogP contribution is -2.48. The molecule has 0 bridgehead atoms. The molecule has 1 heterocycles. The molecule has 132 valence electrons. The van der Waals surface area contributed by atoms with E-state index < -0.39 is 10.0 Å². The summed E-state index contributed by atoms with van der Waals surface area (Å²) >= 11 is 0. The van der Waals surface area contributed by atoms with Crippen molar-refractivity contribution in [2.75, 3.05) is 26.2 Å². The van der Waals surface area contributed by atoms with Crippen LogP contribution in [0.1, 0.15) is 16.7 Å². The van der Waals surface area contributed by atoms with Crippen LogP contribution in [0.25, 0.3) is 0 Å². The van der Waals surface area contributed by atoms with Gasteiger partial charge in [-0.3, -0.25) is 4.90 Å². The molecule has 0 spiro atoms. The first kappa shape index (κ1) is 18.1. The van der Waals surface area contributed by atoms with Crippen LogP contribution in [-0.2, 0) is 16.6 Å². The Morgan fingerprint density at radius 3 is 2.15 bits per heavy atom. The first-order valence-electron chi connectivity index (χ1n) is 8.24. The van der Waals surface area contributed by atoms with E-state index in [2.05, 4.69) is 11.0 Å². The average Bonchev–Trinajstić information content (AvgIpc) is 2.69. The van der Waals surface area contributed by atoms with Crippen molar-refractivity contribution >= 4 is 10.0 Å². The minimum absolute atomic E-state index is 0.164. The van der Waals surface area contributed by atoms with E-state index in [9.17, 15) is 8.42 Å². The number of hydrogen-bond acceptors (Lipinski definition) is 5. The summed E-state index contributed by atoms with van der Waals surface area (Å²) in [6, 6.07) is 17.6. The number of nitriles is 2. The Labute approximate surface area is 153 Å². The molecule has 26 heavy (non-hydrogen) atoms. The second-order valence-electron chi connectivity index (χ2n) is 6.13. The van der Waals surface area contributed by atoms with E-state index in [0.717, 1.165) is 12.1 Å². The molecule has 7 heteroatoms. The SMILES string of the molecule is N#Cc1ccc(CN2CCN(S(=O)(=O)c3cccc(C#N)c3)CC2)cc1. The van der Waals surface area contributed by atoms with Crippen LogP contribution < -0.4 is 0 Å². The van der Waals surface area contributed by atoms with E-state index in [0.29, 0.717) is 37.3 Å². The zero-order valence-corrected chi connectivity index (χ0v) is 15.0.